The predicted octanol–water partition coefficient (Wildman–Crippen LogP) is 4.76. The number of hydrogen-bond donors (Lipinski definition) is 2. The molecule has 0 atom stereocenters. The van der Waals surface area contributed by atoms with E-state index in [1.165, 1.54) is 0 Å². The highest BCUT2D eigenvalue weighted by Gasteiger charge is 2.06. The van der Waals surface area contributed by atoms with Crippen LogP contribution in [0.15, 0.2) is 53.1 Å². The summed E-state index contributed by atoms with van der Waals surface area (Å²) in [5, 5.41) is 5.54. The van der Waals surface area contributed by atoms with Gasteiger partial charge in [0.05, 0.1) is 13.2 Å². The maximum Gasteiger partial charge on any atom is 0.318 e. The molecule has 0 aliphatic rings. The minimum absolute atomic E-state index is 0.239. The number of urea groups is 1. The van der Waals surface area contributed by atoms with Crippen molar-refractivity contribution < 1.29 is 14.3 Å². The number of benzene rings is 2. The highest BCUT2D eigenvalue weighted by atomic mass is 79.9. The zero-order valence-corrected chi connectivity index (χ0v) is 17.2. The zero-order chi connectivity index (χ0) is 19.5. The number of amides is 2. The summed E-state index contributed by atoms with van der Waals surface area (Å²) in [5.41, 5.74) is 2.08. The van der Waals surface area contributed by atoms with Gasteiger partial charge in [-0.25, -0.2) is 4.79 Å². The fraction of sp³-hybridized carbons (Fsp3) is 0.286. The molecule has 2 aromatic rings. The van der Waals surface area contributed by atoms with Crippen LogP contribution in [0.1, 0.15) is 25.0 Å². The lowest BCUT2D eigenvalue weighted by atomic mass is 10.1. The molecule has 6 heteroatoms. The topological polar surface area (TPSA) is 59.6 Å². The van der Waals surface area contributed by atoms with Gasteiger partial charge in [0.25, 0.3) is 0 Å². The average molecular weight is 433 g/mol. The lowest BCUT2D eigenvalue weighted by molar-refractivity contribution is 0.244. The third-order valence-electron chi connectivity index (χ3n) is 3.65. The van der Waals surface area contributed by atoms with Gasteiger partial charge in [0.1, 0.15) is 0 Å². The Labute approximate surface area is 168 Å². The van der Waals surface area contributed by atoms with Crippen molar-refractivity contribution in [2.45, 2.75) is 20.3 Å². The Morgan fingerprint density at radius 3 is 2.59 bits per heavy atom. The van der Waals surface area contributed by atoms with Gasteiger partial charge in [0, 0.05) is 17.2 Å². The number of carbonyl (C=O) groups excluding carboxylic acids is 1. The van der Waals surface area contributed by atoms with E-state index in [0.29, 0.717) is 26.2 Å². The van der Waals surface area contributed by atoms with Crippen LogP contribution in [-0.2, 0) is 6.42 Å². The van der Waals surface area contributed by atoms with Gasteiger partial charge in [-0.1, -0.05) is 34.1 Å². The summed E-state index contributed by atoms with van der Waals surface area (Å²) in [7, 11) is 0. The van der Waals surface area contributed by atoms with Crippen molar-refractivity contribution in [3.63, 3.8) is 0 Å². The highest BCUT2D eigenvalue weighted by molar-refractivity contribution is 9.10. The van der Waals surface area contributed by atoms with E-state index in [1.807, 2.05) is 62.4 Å². The van der Waals surface area contributed by atoms with E-state index in [2.05, 4.69) is 26.6 Å². The molecule has 0 unspecified atom stereocenters. The van der Waals surface area contributed by atoms with Gasteiger partial charge in [-0.3, -0.25) is 0 Å². The lowest BCUT2D eigenvalue weighted by Crippen LogP contribution is -2.33. The zero-order valence-electron chi connectivity index (χ0n) is 15.6. The van der Waals surface area contributed by atoms with E-state index in [-0.39, 0.29) is 6.03 Å². The summed E-state index contributed by atoms with van der Waals surface area (Å²) in [6, 6.07) is 13.4. The Balaban J connectivity index is 1.79. The number of rotatable bonds is 9. The number of carbonyl (C=O) groups is 1. The maximum atomic E-state index is 11.9. The molecule has 144 valence electrons. The first-order chi connectivity index (χ1) is 13.1. The van der Waals surface area contributed by atoms with E-state index >= 15 is 0 Å². The molecule has 0 aromatic heterocycles. The summed E-state index contributed by atoms with van der Waals surface area (Å²) >= 11 is 3.42. The van der Waals surface area contributed by atoms with Crippen LogP contribution in [-0.4, -0.2) is 25.8 Å². The number of ether oxygens (including phenoxy) is 2. The third-order valence-corrected chi connectivity index (χ3v) is 4.14. The van der Waals surface area contributed by atoms with Gasteiger partial charge >= 0.3 is 6.03 Å². The maximum absolute atomic E-state index is 11.9. The van der Waals surface area contributed by atoms with Crippen LogP contribution in [0.4, 0.5) is 4.79 Å². The molecule has 2 amide bonds. The summed E-state index contributed by atoms with van der Waals surface area (Å²) in [6.45, 7) is 5.58. The molecule has 0 heterocycles. The molecule has 0 radical (unpaired) electrons. The van der Waals surface area contributed by atoms with Crippen LogP contribution in [0.3, 0.4) is 0 Å². The molecule has 2 N–H and O–H groups in total. The smallest absolute Gasteiger partial charge is 0.318 e. The molecule has 0 aliphatic heterocycles. The molecule has 0 bridgehead atoms. The third kappa shape index (κ3) is 7.35. The predicted molar refractivity (Wildman–Crippen MR) is 112 cm³/mol. The molecule has 5 nitrogen and oxygen atoms in total. The Kier molecular flexibility index (Phi) is 8.71. The minimum atomic E-state index is -0.239. The second kappa shape index (κ2) is 11.3. The second-order valence-electron chi connectivity index (χ2n) is 5.69. The van der Waals surface area contributed by atoms with Gasteiger partial charge < -0.3 is 20.1 Å². The number of hydrogen-bond acceptors (Lipinski definition) is 3. The summed E-state index contributed by atoms with van der Waals surface area (Å²) < 4.78 is 12.2. The summed E-state index contributed by atoms with van der Waals surface area (Å²) in [4.78, 5) is 11.9. The Morgan fingerprint density at radius 2 is 1.85 bits per heavy atom. The molecule has 2 rings (SSSR count). The Hall–Kier alpha value is -2.47. The fourth-order valence-corrected chi connectivity index (χ4v) is 2.86. The van der Waals surface area contributed by atoms with Crippen LogP contribution in [0, 0.1) is 0 Å². The van der Waals surface area contributed by atoms with E-state index < -0.39 is 0 Å². The number of halogens is 1. The monoisotopic (exact) mass is 432 g/mol. The van der Waals surface area contributed by atoms with Crippen LogP contribution >= 0.6 is 15.9 Å². The molecular formula is C21H25BrN2O3. The van der Waals surface area contributed by atoms with Crippen molar-refractivity contribution in [3.8, 4) is 11.5 Å². The van der Waals surface area contributed by atoms with E-state index in [1.54, 1.807) is 6.20 Å². The van der Waals surface area contributed by atoms with Crippen LogP contribution in [0.2, 0.25) is 0 Å². The average Bonchev–Trinajstić information content (AvgIpc) is 2.64. The first-order valence-corrected chi connectivity index (χ1v) is 9.76. The quantitative estimate of drug-likeness (QED) is 0.600. The van der Waals surface area contributed by atoms with Crippen molar-refractivity contribution in [3.05, 3.63) is 64.3 Å². The number of nitrogens with one attached hydrogen (secondary N) is 2. The van der Waals surface area contributed by atoms with Crippen molar-refractivity contribution >= 4 is 28.0 Å². The van der Waals surface area contributed by atoms with Gasteiger partial charge in [-0.2, -0.15) is 0 Å². The van der Waals surface area contributed by atoms with Gasteiger partial charge in [-0.15, -0.1) is 0 Å². The van der Waals surface area contributed by atoms with Gasteiger partial charge in [0.2, 0.25) is 0 Å². The minimum Gasteiger partial charge on any atom is -0.490 e. The highest BCUT2D eigenvalue weighted by Crippen LogP contribution is 2.28. The molecule has 0 saturated heterocycles. The van der Waals surface area contributed by atoms with E-state index in [9.17, 15) is 4.79 Å². The van der Waals surface area contributed by atoms with Gasteiger partial charge in [0.15, 0.2) is 11.5 Å². The normalized spacial score (nSPS) is 10.6. The first kappa shape index (κ1) is 20.8. The van der Waals surface area contributed by atoms with Gasteiger partial charge in [-0.05, 0) is 61.7 Å². The Bertz CT molecular complexity index is 778. The first-order valence-electron chi connectivity index (χ1n) is 8.97. The molecule has 0 fully saturated rings. The second-order valence-corrected chi connectivity index (χ2v) is 6.60. The van der Waals surface area contributed by atoms with E-state index in [4.69, 9.17) is 9.47 Å². The largest absolute Gasteiger partial charge is 0.490 e. The van der Waals surface area contributed by atoms with Crippen molar-refractivity contribution in [1.82, 2.24) is 10.6 Å². The lowest BCUT2D eigenvalue weighted by Gasteiger charge is -2.12. The molecule has 27 heavy (non-hydrogen) atoms. The summed E-state index contributed by atoms with van der Waals surface area (Å²) in [6.07, 6.45) is 4.17. The molecular weight excluding hydrogens is 408 g/mol. The van der Waals surface area contributed by atoms with Crippen molar-refractivity contribution in [2.24, 2.45) is 0 Å². The van der Waals surface area contributed by atoms with Crippen molar-refractivity contribution in [2.75, 3.05) is 19.8 Å². The van der Waals surface area contributed by atoms with Crippen LogP contribution < -0.4 is 20.1 Å². The molecule has 0 aliphatic carbocycles. The fourth-order valence-electron chi connectivity index (χ4n) is 2.45. The molecule has 0 spiro atoms. The SMILES string of the molecule is CCOc1ccc(CCNC(=O)N/C=C/c2cccc(Br)c2)cc1OCC. The summed E-state index contributed by atoms with van der Waals surface area (Å²) in [5.74, 6) is 1.48. The Morgan fingerprint density at radius 1 is 1.07 bits per heavy atom. The molecule has 2 aromatic carbocycles. The van der Waals surface area contributed by atoms with Crippen LogP contribution in [0.25, 0.3) is 6.08 Å². The van der Waals surface area contributed by atoms with Crippen LogP contribution in [0.5, 0.6) is 11.5 Å². The molecule has 0 saturated carbocycles. The van der Waals surface area contributed by atoms with E-state index in [0.717, 1.165) is 27.1 Å². The van der Waals surface area contributed by atoms with Crippen molar-refractivity contribution in [1.29, 1.82) is 0 Å². The standard InChI is InChI=1S/C21H25BrN2O3/c1-3-26-19-9-8-17(15-20(19)27-4-2)11-13-24-21(25)23-12-10-16-6-5-7-18(22)14-16/h5-10,12,14-15H,3-4,11,13H2,1-2H3,(H2,23,24,25)/b12-10+.